The maximum Gasteiger partial charge on any atom is 0.135 e. The summed E-state index contributed by atoms with van der Waals surface area (Å²) in [7, 11) is 0. The molecule has 47 heavy (non-hydrogen) atoms. The first kappa shape index (κ1) is 26.1. The number of hydrogen-bond acceptors (Lipinski definition) is 1. The van der Waals surface area contributed by atoms with Gasteiger partial charge in [-0.1, -0.05) is 152 Å². The topological polar surface area (TPSA) is 9.23 Å². The molecule has 0 unspecified atom stereocenters. The third kappa shape index (κ3) is 3.97. The van der Waals surface area contributed by atoms with Crippen molar-refractivity contribution >= 4 is 43.1 Å². The summed E-state index contributed by atoms with van der Waals surface area (Å²) in [5, 5.41) is 9.98. The summed E-state index contributed by atoms with van der Waals surface area (Å²) in [6.07, 6.45) is 0. The van der Waals surface area contributed by atoms with Crippen molar-refractivity contribution in [1.82, 2.24) is 0 Å². The van der Waals surface area contributed by atoms with Gasteiger partial charge in [-0.25, -0.2) is 0 Å². The molecule has 0 bridgehead atoms. The van der Waals surface area contributed by atoms with Crippen LogP contribution in [0, 0.1) is 0 Å². The van der Waals surface area contributed by atoms with E-state index in [1.807, 2.05) is 0 Å². The molecule has 10 rings (SSSR count). The Bertz CT molecular complexity index is 2630. The monoisotopic (exact) mass is 596 g/mol. The molecular formula is C46H28O. The van der Waals surface area contributed by atoms with Gasteiger partial charge in [0.25, 0.3) is 0 Å². The zero-order chi connectivity index (χ0) is 30.9. The average Bonchev–Trinajstić information content (AvgIpc) is 3.14. The minimum absolute atomic E-state index is 0.904. The SMILES string of the molecule is c1ccc2c(-c3c4ccccc4c(-c4ccc(-c5ccc6c(c5)-c5cccc7cccc(c57)O6)cc4)c4ccccc34)cccc2c1. The van der Waals surface area contributed by atoms with E-state index in [2.05, 4.69) is 170 Å². The maximum absolute atomic E-state index is 6.36. The fourth-order valence-electron chi connectivity index (χ4n) is 7.75. The summed E-state index contributed by atoms with van der Waals surface area (Å²) in [4.78, 5) is 0. The number of rotatable bonds is 3. The molecule has 0 saturated heterocycles. The summed E-state index contributed by atoms with van der Waals surface area (Å²) in [5.74, 6) is 1.83. The van der Waals surface area contributed by atoms with Crippen LogP contribution >= 0.6 is 0 Å². The predicted octanol–water partition coefficient (Wildman–Crippen LogP) is 13.1. The van der Waals surface area contributed by atoms with E-state index < -0.39 is 0 Å². The van der Waals surface area contributed by atoms with Crippen molar-refractivity contribution in [2.45, 2.75) is 0 Å². The normalized spacial score (nSPS) is 12.0. The van der Waals surface area contributed by atoms with E-state index in [0.29, 0.717) is 0 Å². The lowest BCUT2D eigenvalue weighted by Gasteiger charge is -2.22. The van der Waals surface area contributed by atoms with Crippen LogP contribution < -0.4 is 4.74 Å². The zero-order valence-corrected chi connectivity index (χ0v) is 25.6. The van der Waals surface area contributed by atoms with Gasteiger partial charge in [-0.2, -0.15) is 0 Å². The molecule has 0 aliphatic carbocycles. The first-order valence-electron chi connectivity index (χ1n) is 16.2. The molecule has 0 amide bonds. The molecule has 0 radical (unpaired) electrons. The molecule has 1 aliphatic heterocycles. The lowest BCUT2D eigenvalue weighted by atomic mass is 9.84. The lowest BCUT2D eigenvalue weighted by Crippen LogP contribution is -1.97. The highest BCUT2D eigenvalue weighted by atomic mass is 16.5. The fraction of sp³-hybridized carbons (Fsp3) is 0. The van der Waals surface area contributed by atoms with Crippen molar-refractivity contribution < 1.29 is 4.74 Å². The molecule has 9 aromatic carbocycles. The summed E-state index contributed by atoms with van der Waals surface area (Å²) >= 11 is 0. The Kier molecular flexibility index (Phi) is 5.64. The average molecular weight is 597 g/mol. The van der Waals surface area contributed by atoms with E-state index in [1.54, 1.807) is 0 Å². The fourth-order valence-corrected chi connectivity index (χ4v) is 7.75. The number of hydrogen-bond donors (Lipinski definition) is 0. The summed E-state index contributed by atoms with van der Waals surface area (Å²) < 4.78 is 6.36. The quantitative estimate of drug-likeness (QED) is 0.184. The summed E-state index contributed by atoms with van der Waals surface area (Å²) in [5.41, 5.74) is 9.77. The number of benzene rings is 9. The highest BCUT2D eigenvalue weighted by Gasteiger charge is 2.21. The van der Waals surface area contributed by atoms with Crippen LogP contribution in [0.4, 0.5) is 0 Å². The van der Waals surface area contributed by atoms with Crippen molar-refractivity contribution in [1.29, 1.82) is 0 Å². The molecule has 1 nitrogen and oxygen atoms in total. The van der Waals surface area contributed by atoms with E-state index in [4.69, 9.17) is 4.74 Å². The highest BCUT2D eigenvalue weighted by molar-refractivity contribution is 6.23. The zero-order valence-electron chi connectivity index (χ0n) is 25.6. The van der Waals surface area contributed by atoms with Crippen LogP contribution in [0.3, 0.4) is 0 Å². The molecule has 0 saturated carbocycles. The third-order valence-electron chi connectivity index (χ3n) is 9.85. The van der Waals surface area contributed by atoms with Gasteiger partial charge < -0.3 is 4.74 Å². The number of fused-ring (bicyclic) bond motifs is 5. The van der Waals surface area contributed by atoms with Crippen molar-refractivity contribution in [3.8, 4) is 56.0 Å². The van der Waals surface area contributed by atoms with Crippen LogP contribution in [-0.4, -0.2) is 0 Å². The second-order valence-corrected chi connectivity index (χ2v) is 12.4. The summed E-state index contributed by atoms with van der Waals surface area (Å²) in [6.45, 7) is 0. The Labute approximate surface area is 272 Å². The van der Waals surface area contributed by atoms with Crippen molar-refractivity contribution in [2.75, 3.05) is 0 Å². The smallest absolute Gasteiger partial charge is 0.135 e. The van der Waals surface area contributed by atoms with Crippen LogP contribution in [0.2, 0.25) is 0 Å². The van der Waals surface area contributed by atoms with Crippen molar-refractivity contribution in [3.63, 3.8) is 0 Å². The molecular weight excluding hydrogens is 569 g/mol. The van der Waals surface area contributed by atoms with Crippen LogP contribution in [0.5, 0.6) is 11.5 Å². The second-order valence-electron chi connectivity index (χ2n) is 12.4. The van der Waals surface area contributed by atoms with E-state index >= 15 is 0 Å². The van der Waals surface area contributed by atoms with Gasteiger partial charge in [-0.05, 0) is 94.8 Å². The van der Waals surface area contributed by atoms with Gasteiger partial charge in [0.1, 0.15) is 11.5 Å². The van der Waals surface area contributed by atoms with Crippen LogP contribution in [-0.2, 0) is 0 Å². The van der Waals surface area contributed by atoms with E-state index in [0.717, 1.165) is 17.1 Å². The third-order valence-corrected chi connectivity index (χ3v) is 9.85. The molecule has 0 atom stereocenters. The van der Waals surface area contributed by atoms with Crippen LogP contribution in [0.1, 0.15) is 0 Å². The van der Waals surface area contributed by atoms with Gasteiger partial charge in [0.2, 0.25) is 0 Å². The molecule has 1 aliphatic rings. The van der Waals surface area contributed by atoms with E-state index in [9.17, 15) is 0 Å². The molecule has 0 N–H and O–H groups in total. The molecule has 0 fully saturated rings. The molecule has 9 aromatic rings. The Morgan fingerprint density at radius 2 is 0.830 bits per heavy atom. The van der Waals surface area contributed by atoms with E-state index in [1.165, 1.54) is 82.0 Å². The molecule has 1 heteroatoms. The van der Waals surface area contributed by atoms with Crippen molar-refractivity contribution in [2.24, 2.45) is 0 Å². The van der Waals surface area contributed by atoms with Crippen LogP contribution in [0.25, 0.3) is 87.6 Å². The lowest BCUT2D eigenvalue weighted by molar-refractivity contribution is 0.487. The maximum atomic E-state index is 6.36. The van der Waals surface area contributed by atoms with Crippen LogP contribution in [0.15, 0.2) is 170 Å². The van der Waals surface area contributed by atoms with Gasteiger partial charge in [0.15, 0.2) is 0 Å². The van der Waals surface area contributed by atoms with E-state index in [-0.39, 0.29) is 0 Å². The van der Waals surface area contributed by atoms with Gasteiger partial charge in [-0.15, -0.1) is 0 Å². The Hall–Kier alpha value is -6.18. The molecule has 0 spiro atoms. The number of ether oxygens (including phenoxy) is 1. The Balaban J connectivity index is 1.13. The summed E-state index contributed by atoms with van der Waals surface area (Å²) in [6, 6.07) is 61.6. The molecule has 218 valence electrons. The van der Waals surface area contributed by atoms with Gasteiger partial charge in [-0.3, -0.25) is 0 Å². The minimum Gasteiger partial charge on any atom is -0.456 e. The predicted molar refractivity (Wildman–Crippen MR) is 198 cm³/mol. The molecule has 0 aromatic heterocycles. The van der Waals surface area contributed by atoms with Gasteiger partial charge in [0.05, 0.1) is 0 Å². The standard InChI is InChI=1S/C46H28O/c1-2-14-34-30(10-1)11-7-19-35(34)46-38-17-5-3-15-36(38)44(37-16-4-6-18-39(37)46)32-24-22-29(23-25-32)33-26-27-42-41(28-33)40-20-8-12-31-13-9-21-43(47-42)45(31)40/h1-28H. The van der Waals surface area contributed by atoms with Gasteiger partial charge in [0, 0.05) is 10.9 Å². The first-order valence-corrected chi connectivity index (χ1v) is 16.2. The second kappa shape index (κ2) is 10.2. The Morgan fingerprint density at radius 1 is 0.298 bits per heavy atom. The minimum atomic E-state index is 0.904. The molecule has 1 heterocycles. The Morgan fingerprint density at radius 3 is 1.55 bits per heavy atom. The highest BCUT2D eigenvalue weighted by Crippen LogP contribution is 2.48. The largest absolute Gasteiger partial charge is 0.456 e. The van der Waals surface area contributed by atoms with Crippen molar-refractivity contribution in [3.05, 3.63) is 170 Å². The first-order chi connectivity index (χ1) is 23.3. The van der Waals surface area contributed by atoms with Gasteiger partial charge >= 0.3 is 0 Å².